The maximum Gasteiger partial charge on any atom is 0.258 e. The molecule has 6 heteroatoms. The standard InChI is InChI=1S/C16H22N2O4/c1-5-22-15-11(2)18(9-8-17-15)16(19)13-7-6-12(20-3)10-14(13)21-4/h6-7,10-11H,5,8-9H2,1-4H3/t11-/m1/s1. The van der Waals surface area contributed by atoms with Gasteiger partial charge in [-0.15, -0.1) is 0 Å². The Morgan fingerprint density at radius 3 is 2.77 bits per heavy atom. The second kappa shape index (κ2) is 7.15. The normalized spacial score (nSPS) is 17.7. The number of carbonyl (C=O) groups excluding carboxylic acids is 1. The van der Waals surface area contributed by atoms with Crippen LogP contribution >= 0.6 is 0 Å². The van der Waals surface area contributed by atoms with Crippen molar-refractivity contribution >= 4 is 11.8 Å². The molecule has 0 spiro atoms. The van der Waals surface area contributed by atoms with E-state index in [9.17, 15) is 4.79 Å². The zero-order valence-electron chi connectivity index (χ0n) is 13.5. The second-order valence-electron chi connectivity index (χ2n) is 4.89. The fourth-order valence-corrected chi connectivity index (χ4v) is 2.45. The minimum atomic E-state index is -0.187. The maximum atomic E-state index is 12.8. The summed E-state index contributed by atoms with van der Waals surface area (Å²) in [5.74, 6) is 1.65. The van der Waals surface area contributed by atoms with Gasteiger partial charge in [0.2, 0.25) is 5.90 Å². The molecule has 1 amide bonds. The highest BCUT2D eigenvalue weighted by atomic mass is 16.5. The van der Waals surface area contributed by atoms with E-state index in [0.717, 1.165) is 0 Å². The molecule has 22 heavy (non-hydrogen) atoms. The van der Waals surface area contributed by atoms with Gasteiger partial charge in [-0.1, -0.05) is 0 Å². The van der Waals surface area contributed by atoms with Crippen LogP contribution < -0.4 is 9.47 Å². The SMILES string of the molecule is CCOC1=NCCN(C(=O)c2ccc(OC)cc2OC)[C@@H]1C. The molecule has 1 atom stereocenters. The van der Waals surface area contributed by atoms with Crippen molar-refractivity contribution in [3.05, 3.63) is 23.8 Å². The Kier molecular flexibility index (Phi) is 5.25. The lowest BCUT2D eigenvalue weighted by atomic mass is 10.1. The summed E-state index contributed by atoms with van der Waals surface area (Å²) in [6.45, 7) is 5.47. The number of hydrogen-bond donors (Lipinski definition) is 0. The second-order valence-corrected chi connectivity index (χ2v) is 4.89. The highest BCUT2D eigenvalue weighted by Crippen LogP contribution is 2.27. The molecule has 0 aromatic heterocycles. The number of methoxy groups -OCH3 is 2. The van der Waals surface area contributed by atoms with Gasteiger partial charge in [-0.05, 0) is 26.0 Å². The van der Waals surface area contributed by atoms with Gasteiger partial charge in [0.05, 0.1) is 32.9 Å². The molecule has 1 aliphatic heterocycles. The number of amides is 1. The molecule has 1 heterocycles. The molecule has 6 nitrogen and oxygen atoms in total. The van der Waals surface area contributed by atoms with Gasteiger partial charge >= 0.3 is 0 Å². The molecule has 1 aromatic carbocycles. The Hall–Kier alpha value is -2.24. The topological polar surface area (TPSA) is 60.4 Å². The van der Waals surface area contributed by atoms with Crippen LogP contribution in [0.5, 0.6) is 11.5 Å². The lowest BCUT2D eigenvalue weighted by Crippen LogP contribution is -2.48. The van der Waals surface area contributed by atoms with Crippen LogP contribution in [-0.4, -0.2) is 56.7 Å². The van der Waals surface area contributed by atoms with E-state index in [1.807, 2.05) is 13.8 Å². The van der Waals surface area contributed by atoms with Gasteiger partial charge in [-0.2, -0.15) is 0 Å². The highest BCUT2D eigenvalue weighted by Gasteiger charge is 2.30. The molecule has 120 valence electrons. The van der Waals surface area contributed by atoms with Crippen molar-refractivity contribution in [2.75, 3.05) is 33.9 Å². The van der Waals surface area contributed by atoms with E-state index in [-0.39, 0.29) is 11.9 Å². The van der Waals surface area contributed by atoms with E-state index in [4.69, 9.17) is 14.2 Å². The van der Waals surface area contributed by atoms with Crippen LogP contribution in [-0.2, 0) is 4.74 Å². The molecule has 0 radical (unpaired) electrons. The van der Waals surface area contributed by atoms with Crippen LogP contribution in [0.1, 0.15) is 24.2 Å². The Morgan fingerprint density at radius 2 is 2.14 bits per heavy atom. The van der Waals surface area contributed by atoms with E-state index in [0.29, 0.717) is 42.7 Å². The van der Waals surface area contributed by atoms with E-state index < -0.39 is 0 Å². The third kappa shape index (κ3) is 3.16. The third-order valence-electron chi connectivity index (χ3n) is 3.63. The number of hydrogen-bond acceptors (Lipinski definition) is 5. The number of rotatable bonds is 4. The molecule has 0 aliphatic carbocycles. The number of ether oxygens (including phenoxy) is 3. The Balaban J connectivity index is 2.26. The molecule has 0 N–H and O–H groups in total. The van der Waals surface area contributed by atoms with Crippen molar-refractivity contribution in [3.8, 4) is 11.5 Å². The van der Waals surface area contributed by atoms with Crippen molar-refractivity contribution in [1.82, 2.24) is 4.90 Å². The Morgan fingerprint density at radius 1 is 1.36 bits per heavy atom. The van der Waals surface area contributed by atoms with Crippen LogP contribution in [0.2, 0.25) is 0 Å². The molecule has 0 fully saturated rings. The quantitative estimate of drug-likeness (QED) is 0.853. The molecule has 0 saturated carbocycles. The first kappa shape index (κ1) is 16.1. The molecule has 0 saturated heterocycles. The lowest BCUT2D eigenvalue weighted by Gasteiger charge is -2.33. The molecule has 0 unspecified atom stereocenters. The largest absolute Gasteiger partial charge is 0.497 e. The number of nitrogens with zero attached hydrogens (tertiary/aromatic N) is 2. The average Bonchev–Trinajstić information content (AvgIpc) is 2.55. The van der Waals surface area contributed by atoms with Crippen molar-refractivity contribution in [2.24, 2.45) is 4.99 Å². The fourth-order valence-electron chi connectivity index (χ4n) is 2.45. The summed E-state index contributed by atoms with van der Waals surface area (Å²) in [6.07, 6.45) is 0. The smallest absolute Gasteiger partial charge is 0.258 e. The highest BCUT2D eigenvalue weighted by molar-refractivity contribution is 6.00. The average molecular weight is 306 g/mol. The summed E-state index contributed by atoms with van der Waals surface area (Å²) in [7, 11) is 3.12. The predicted octanol–water partition coefficient (Wildman–Crippen LogP) is 1.98. The van der Waals surface area contributed by atoms with Crippen LogP contribution in [0.3, 0.4) is 0 Å². The summed E-state index contributed by atoms with van der Waals surface area (Å²) in [5, 5.41) is 0. The van der Waals surface area contributed by atoms with Crippen LogP contribution in [0, 0.1) is 0 Å². The lowest BCUT2D eigenvalue weighted by molar-refractivity contribution is 0.0706. The predicted molar refractivity (Wildman–Crippen MR) is 84.0 cm³/mol. The Bertz CT molecular complexity index is 571. The summed E-state index contributed by atoms with van der Waals surface area (Å²) in [4.78, 5) is 18.9. The van der Waals surface area contributed by atoms with E-state index in [1.54, 1.807) is 30.2 Å². The number of aliphatic imine (C=N–C) groups is 1. The van der Waals surface area contributed by atoms with E-state index in [1.165, 1.54) is 7.11 Å². The third-order valence-corrected chi connectivity index (χ3v) is 3.63. The molecule has 2 rings (SSSR count). The first-order valence-corrected chi connectivity index (χ1v) is 7.32. The first-order valence-electron chi connectivity index (χ1n) is 7.32. The fraction of sp³-hybridized carbons (Fsp3) is 0.500. The molecule has 0 bridgehead atoms. The summed E-state index contributed by atoms with van der Waals surface area (Å²) >= 11 is 0. The summed E-state index contributed by atoms with van der Waals surface area (Å²) < 4.78 is 16.0. The van der Waals surface area contributed by atoms with Gasteiger partial charge in [-0.3, -0.25) is 9.79 Å². The maximum absolute atomic E-state index is 12.8. The van der Waals surface area contributed by atoms with Gasteiger partial charge < -0.3 is 19.1 Å². The van der Waals surface area contributed by atoms with Crippen LogP contribution in [0.15, 0.2) is 23.2 Å². The Labute approximate surface area is 130 Å². The van der Waals surface area contributed by atoms with Crippen molar-refractivity contribution in [1.29, 1.82) is 0 Å². The van der Waals surface area contributed by atoms with Gasteiger partial charge in [0, 0.05) is 12.6 Å². The summed E-state index contributed by atoms with van der Waals surface area (Å²) in [6, 6.07) is 4.99. The monoisotopic (exact) mass is 306 g/mol. The van der Waals surface area contributed by atoms with Crippen molar-refractivity contribution in [3.63, 3.8) is 0 Å². The molecule has 1 aromatic rings. The zero-order valence-corrected chi connectivity index (χ0v) is 13.5. The van der Waals surface area contributed by atoms with E-state index >= 15 is 0 Å². The van der Waals surface area contributed by atoms with Crippen molar-refractivity contribution < 1.29 is 19.0 Å². The molecular formula is C16H22N2O4. The first-order chi connectivity index (χ1) is 10.6. The zero-order chi connectivity index (χ0) is 16.1. The molecular weight excluding hydrogens is 284 g/mol. The number of benzene rings is 1. The van der Waals surface area contributed by atoms with Gasteiger partial charge in [0.15, 0.2) is 0 Å². The minimum Gasteiger partial charge on any atom is -0.497 e. The number of carbonyl (C=O) groups is 1. The van der Waals surface area contributed by atoms with Gasteiger partial charge in [0.25, 0.3) is 5.91 Å². The summed E-state index contributed by atoms with van der Waals surface area (Å²) in [5.41, 5.74) is 0.507. The van der Waals surface area contributed by atoms with Gasteiger partial charge in [0.1, 0.15) is 17.5 Å². The van der Waals surface area contributed by atoms with Crippen LogP contribution in [0.25, 0.3) is 0 Å². The van der Waals surface area contributed by atoms with E-state index in [2.05, 4.69) is 4.99 Å². The van der Waals surface area contributed by atoms with Crippen LogP contribution in [0.4, 0.5) is 0 Å². The van der Waals surface area contributed by atoms with Crippen molar-refractivity contribution in [2.45, 2.75) is 19.9 Å². The molecule has 1 aliphatic rings. The van der Waals surface area contributed by atoms with Gasteiger partial charge in [-0.25, -0.2) is 0 Å². The minimum absolute atomic E-state index is 0.0980.